The van der Waals surface area contributed by atoms with Crippen LogP contribution in [0.15, 0.2) is 48.5 Å². The predicted octanol–water partition coefficient (Wildman–Crippen LogP) is 3.98. The zero-order valence-corrected chi connectivity index (χ0v) is 18.7. The summed E-state index contributed by atoms with van der Waals surface area (Å²) < 4.78 is 0. The number of nitrogens with one attached hydrogen (secondary N) is 1. The Bertz CT molecular complexity index is 939. The Labute approximate surface area is 188 Å². The van der Waals surface area contributed by atoms with Gasteiger partial charge in [0.25, 0.3) is 11.8 Å². The van der Waals surface area contributed by atoms with Gasteiger partial charge in [-0.1, -0.05) is 63.1 Å². The van der Waals surface area contributed by atoms with E-state index < -0.39 is 12.0 Å². The Morgan fingerprint density at radius 2 is 1.56 bits per heavy atom. The van der Waals surface area contributed by atoms with Crippen molar-refractivity contribution >= 4 is 24.2 Å². The third kappa shape index (κ3) is 5.81. The van der Waals surface area contributed by atoms with Gasteiger partial charge in [-0.05, 0) is 43.0 Å². The minimum atomic E-state index is -0.941. The number of benzene rings is 2. The molecule has 2 aromatic rings. The van der Waals surface area contributed by atoms with Gasteiger partial charge >= 0.3 is 5.97 Å². The monoisotopic (exact) mass is 438 g/mol. The van der Waals surface area contributed by atoms with Gasteiger partial charge in [-0.25, -0.2) is 4.79 Å². The zero-order chi connectivity index (χ0) is 23.7. The van der Waals surface area contributed by atoms with Gasteiger partial charge in [0.15, 0.2) is 0 Å². The minimum Gasteiger partial charge on any atom is -0.480 e. The number of nitrogens with zero attached hydrogens (tertiary/aromatic N) is 1. The van der Waals surface area contributed by atoms with Gasteiger partial charge in [-0.15, -0.1) is 0 Å². The SMILES string of the molecule is CCCc1ccccc1C(C)N(C=O)C(CCC)C(=O)O.O=C1NC(=O)c2ccccc21. The van der Waals surface area contributed by atoms with E-state index in [4.69, 9.17) is 0 Å². The van der Waals surface area contributed by atoms with E-state index in [-0.39, 0.29) is 17.9 Å². The first-order valence-corrected chi connectivity index (χ1v) is 10.8. The molecule has 1 heterocycles. The fourth-order valence-electron chi connectivity index (χ4n) is 3.82. The Kier molecular flexibility index (Phi) is 9.13. The third-order valence-electron chi connectivity index (χ3n) is 5.44. The molecule has 2 atom stereocenters. The molecule has 0 saturated carbocycles. The van der Waals surface area contributed by atoms with Crippen LogP contribution in [0.2, 0.25) is 0 Å². The average molecular weight is 439 g/mol. The molecular formula is C25H30N2O5. The maximum atomic E-state index is 11.5. The van der Waals surface area contributed by atoms with Crippen LogP contribution in [0.5, 0.6) is 0 Å². The number of aryl methyl sites for hydroxylation is 1. The third-order valence-corrected chi connectivity index (χ3v) is 5.44. The van der Waals surface area contributed by atoms with Gasteiger partial charge < -0.3 is 10.0 Å². The van der Waals surface area contributed by atoms with Crippen molar-refractivity contribution in [3.8, 4) is 0 Å². The molecule has 32 heavy (non-hydrogen) atoms. The Morgan fingerprint density at radius 3 is 2.06 bits per heavy atom. The molecular weight excluding hydrogens is 408 g/mol. The first-order chi connectivity index (χ1) is 15.3. The lowest BCUT2D eigenvalue weighted by Crippen LogP contribution is -2.42. The first kappa shape index (κ1) is 24.8. The molecule has 1 aliphatic rings. The van der Waals surface area contributed by atoms with E-state index in [2.05, 4.69) is 12.2 Å². The number of imide groups is 1. The van der Waals surface area contributed by atoms with Gasteiger partial charge in [0.2, 0.25) is 6.41 Å². The van der Waals surface area contributed by atoms with E-state index in [1.54, 1.807) is 24.3 Å². The number of aliphatic carboxylic acids is 1. The fraction of sp³-hybridized carbons (Fsp3) is 0.360. The molecule has 0 bridgehead atoms. The van der Waals surface area contributed by atoms with E-state index in [1.165, 1.54) is 10.5 Å². The van der Waals surface area contributed by atoms with E-state index in [0.717, 1.165) is 24.8 Å². The Hall–Kier alpha value is -3.48. The van der Waals surface area contributed by atoms with Crippen LogP contribution in [0.4, 0.5) is 0 Å². The average Bonchev–Trinajstić information content (AvgIpc) is 3.08. The molecule has 2 N–H and O–H groups in total. The molecule has 7 nitrogen and oxygen atoms in total. The van der Waals surface area contributed by atoms with Crippen LogP contribution >= 0.6 is 0 Å². The highest BCUT2D eigenvalue weighted by atomic mass is 16.4. The minimum absolute atomic E-state index is 0.238. The summed E-state index contributed by atoms with van der Waals surface area (Å²) in [5, 5.41) is 11.6. The lowest BCUT2D eigenvalue weighted by atomic mass is 9.96. The molecule has 0 aliphatic carbocycles. The Balaban J connectivity index is 0.000000273. The molecule has 0 fully saturated rings. The van der Waals surface area contributed by atoms with Crippen molar-refractivity contribution in [1.82, 2.24) is 10.2 Å². The summed E-state index contributed by atoms with van der Waals surface area (Å²) in [4.78, 5) is 46.2. The molecule has 3 amide bonds. The van der Waals surface area contributed by atoms with Crippen LogP contribution in [0.25, 0.3) is 0 Å². The number of carbonyl (C=O) groups excluding carboxylic acids is 3. The molecule has 3 rings (SSSR count). The summed E-state index contributed by atoms with van der Waals surface area (Å²) >= 11 is 0. The summed E-state index contributed by atoms with van der Waals surface area (Å²) in [6, 6.07) is 13.7. The molecule has 0 spiro atoms. The van der Waals surface area contributed by atoms with Crippen LogP contribution in [0.3, 0.4) is 0 Å². The first-order valence-electron chi connectivity index (χ1n) is 10.8. The van der Waals surface area contributed by atoms with Crippen LogP contribution in [0, 0.1) is 0 Å². The summed E-state index contributed by atoms with van der Waals surface area (Å²) in [5.41, 5.74) is 3.16. The van der Waals surface area contributed by atoms with Crippen molar-refractivity contribution in [1.29, 1.82) is 0 Å². The van der Waals surface area contributed by atoms with Crippen LogP contribution in [0.1, 0.15) is 77.9 Å². The number of carboxylic acid groups (broad SMARTS) is 1. The van der Waals surface area contributed by atoms with Crippen molar-refractivity contribution in [2.75, 3.05) is 0 Å². The highest BCUT2D eigenvalue weighted by molar-refractivity contribution is 6.21. The topological polar surface area (TPSA) is 104 Å². The van der Waals surface area contributed by atoms with Crippen LogP contribution in [-0.4, -0.2) is 40.2 Å². The van der Waals surface area contributed by atoms with E-state index in [9.17, 15) is 24.3 Å². The van der Waals surface area contributed by atoms with E-state index >= 15 is 0 Å². The van der Waals surface area contributed by atoms with Crippen molar-refractivity contribution in [3.05, 3.63) is 70.8 Å². The number of carboxylic acids is 1. The summed E-state index contributed by atoms with van der Waals surface area (Å²) in [6.45, 7) is 5.93. The van der Waals surface area contributed by atoms with Crippen molar-refractivity contribution < 1.29 is 24.3 Å². The highest BCUT2D eigenvalue weighted by Crippen LogP contribution is 2.26. The normalized spacial score (nSPS) is 13.8. The molecule has 0 saturated heterocycles. The second-order valence-corrected chi connectivity index (χ2v) is 7.65. The van der Waals surface area contributed by atoms with E-state index in [0.29, 0.717) is 24.0 Å². The highest BCUT2D eigenvalue weighted by Gasteiger charge is 2.29. The van der Waals surface area contributed by atoms with Gasteiger partial charge in [0.05, 0.1) is 17.2 Å². The number of carbonyl (C=O) groups is 4. The maximum absolute atomic E-state index is 11.5. The van der Waals surface area contributed by atoms with Gasteiger partial charge in [0, 0.05) is 0 Å². The number of hydrogen-bond donors (Lipinski definition) is 2. The lowest BCUT2D eigenvalue weighted by molar-refractivity contribution is -0.148. The summed E-state index contributed by atoms with van der Waals surface area (Å²) in [5.74, 6) is -1.54. The smallest absolute Gasteiger partial charge is 0.326 e. The second-order valence-electron chi connectivity index (χ2n) is 7.65. The van der Waals surface area contributed by atoms with Crippen molar-refractivity contribution in [2.45, 2.75) is 58.5 Å². The molecule has 0 radical (unpaired) electrons. The molecule has 2 unspecified atom stereocenters. The van der Waals surface area contributed by atoms with Gasteiger partial charge in [-0.3, -0.25) is 19.7 Å². The van der Waals surface area contributed by atoms with Crippen LogP contribution < -0.4 is 5.32 Å². The largest absolute Gasteiger partial charge is 0.480 e. The molecule has 7 heteroatoms. The van der Waals surface area contributed by atoms with Crippen molar-refractivity contribution in [2.24, 2.45) is 0 Å². The molecule has 1 aliphatic heterocycles. The van der Waals surface area contributed by atoms with Crippen molar-refractivity contribution in [3.63, 3.8) is 0 Å². The second kappa shape index (κ2) is 11.8. The standard InChI is InChI=1S/C17H25NO3.C8H5NO2/c1-4-8-14-10-6-7-11-15(14)13(3)18(12-19)16(9-5-2)17(20)21;10-7-5-3-1-2-4-6(5)8(11)9-7/h6-7,10-13,16H,4-5,8-9H2,1-3H3,(H,20,21);1-4H,(H,9,10,11). The molecule has 170 valence electrons. The van der Waals surface area contributed by atoms with Crippen LogP contribution in [-0.2, 0) is 16.0 Å². The van der Waals surface area contributed by atoms with E-state index in [1.807, 2.05) is 38.1 Å². The van der Waals surface area contributed by atoms with Gasteiger partial charge in [-0.2, -0.15) is 0 Å². The summed E-state index contributed by atoms with van der Waals surface area (Å²) in [7, 11) is 0. The predicted molar refractivity (Wildman–Crippen MR) is 121 cm³/mol. The quantitative estimate of drug-likeness (QED) is 0.455. The Morgan fingerprint density at radius 1 is 1.00 bits per heavy atom. The van der Waals surface area contributed by atoms with Gasteiger partial charge in [0.1, 0.15) is 6.04 Å². The number of hydrogen-bond acceptors (Lipinski definition) is 4. The number of rotatable bonds is 9. The summed E-state index contributed by atoms with van der Waals surface area (Å²) in [6.07, 6.45) is 3.81. The fourth-order valence-corrected chi connectivity index (χ4v) is 3.82. The zero-order valence-electron chi connectivity index (χ0n) is 18.7. The molecule has 2 aromatic carbocycles. The number of fused-ring (bicyclic) bond motifs is 1. The molecule has 0 aromatic heterocycles. The maximum Gasteiger partial charge on any atom is 0.326 e. The lowest BCUT2D eigenvalue weighted by Gasteiger charge is -2.32. The number of amides is 3.